The van der Waals surface area contributed by atoms with E-state index in [-0.39, 0.29) is 0 Å². The van der Waals surface area contributed by atoms with Crippen LogP contribution in [0.15, 0.2) is 18.3 Å². The Labute approximate surface area is 104 Å². The highest BCUT2D eigenvalue weighted by Crippen LogP contribution is 2.24. The number of carboxylic acids is 1. The highest BCUT2D eigenvalue weighted by molar-refractivity contribution is 7.87. The van der Waals surface area contributed by atoms with Crippen LogP contribution in [-0.4, -0.2) is 31.4 Å². The summed E-state index contributed by atoms with van der Waals surface area (Å²) in [5.74, 6) is -1.57. The van der Waals surface area contributed by atoms with E-state index in [4.69, 9.17) is 5.14 Å². The van der Waals surface area contributed by atoms with Gasteiger partial charge in [0.15, 0.2) is 0 Å². The smallest absolute Gasteiger partial charge is 0.302 e. The van der Waals surface area contributed by atoms with Crippen molar-refractivity contribution in [3.8, 4) is 0 Å². The second-order valence-electron chi connectivity index (χ2n) is 3.89. The Morgan fingerprint density at radius 1 is 1.50 bits per heavy atom. The summed E-state index contributed by atoms with van der Waals surface area (Å²) in [5.41, 5.74) is 0.687. The molecule has 1 aromatic rings. The number of rotatable bonds is 3. The maximum absolute atomic E-state index is 11.3. The Morgan fingerprint density at radius 2 is 2.22 bits per heavy atom. The van der Waals surface area contributed by atoms with Crippen molar-refractivity contribution < 1.29 is 18.3 Å². The van der Waals surface area contributed by atoms with Crippen LogP contribution in [0.5, 0.6) is 0 Å². The molecule has 0 bridgehead atoms. The molecule has 0 aromatic carbocycles. The molecule has 7 nitrogen and oxygen atoms in total. The maximum atomic E-state index is 11.3. The Hall–Kier alpha value is -1.64. The van der Waals surface area contributed by atoms with Crippen LogP contribution in [-0.2, 0) is 10.2 Å². The van der Waals surface area contributed by atoms with Crippen LogP contribution >= 0.6 is 0 Å². The molecule has 2 rings (SSSR count). The number of aromatic carboxylic acids is 1. The van der Waals surface area contributed by atoms with Gasteiger partial charge in [-0.25, -0.2) is 9.11 Å². The van der Waals surface area contributed by atoms with Crippen LogP contribution in [0.2, 0.25) is 0 Å². The van der Waals surface area contributed by atoms with Crippen molar-refractivity contribution in [1.29, 1.82) is 0 Å². The normalized spacial score (nSPS) is 16.4. The van der Waals surface area contributed by atoms with E-state index in [1.165, 1.54) is 6.07 Å². The average Bonchev–Trinajstić information content (AvgIpc) is 2.74. The van der Waals surface area contributed by atoms with Gasteiger partial charge in [0.05, 0.1) is 11.7 Å². The predicted octanol–water partition coefficient (Wildman–Crippen LogP) is -1.72. The zero-order valence-corrected chi connectivity index (χ0v) is 10.2. The topological polar surface area (TPSA) is 117 Å². The van der Waals surface area contributed by atoms with Crippen LogP contribution in [0.25, 0.3) is 5.57 Å². The van der Waals surface area contributed by atoms with Crippen molar-refractivity contribution in [3.63, 3.8) is 0 Å². The lowest BCUT2D eigenvalue weighted by Crippen LogP contribution is -2.32. The van der Waals surface area contributed by atoms with Gasteiger partial charge in [0.25, 0.3) is 0 Å². The monoisotopic (exact) mass is 270 g/mol. The highest BCUT2D eigenvalue weighted by atomic mass is 32.2. The maximum Gasteiger partial charge on any atom is 0.302 e. The number of hydrogen-bond donors (Lipinski definition) is 2. The van der Waals surface area contributed by atoms with Gasteiger partial charge in [-0.2, -0.15) is 8.42 Å². The lowest BCUT2D eigenvalue weighted by Gasteiger charge is -2.16. The molecule has 98 valence electrons. The summed E-state index contributed by atoms with van der Waals surface area (Å²) in [6.45, 7) is 1.32. The largest absolute Gasteiger partial charge is 0.543 e. The van der Waals surface area contributed by atoms with E-state index in [0.717, 1.165) is 11.8 Å². The summed E-state index contributed by atoms with van der Waals surface area (Å²) in [4.78, 5) is 11.1. The van der Waals surface area contributed by atoms with Gasteiger partial charge in [0, 0.05) is 18.3 Å². The number of nitrogens with one attached hydrogen (secondary N) is 1. The van der Waals surface area contributed by atoms with Gasteiger partial charge in [-0.15, -0.1) is 0 Å². The molecule has 0 fully saturated rings. The summed E-state index contributed by atoms with van der Waals surface area (Å²) in [6, 6.07) is 1.42. The Morgan fingerprint density at radius 3 is 2.72 bits per heavy atom. The molecule has 1 aliphatic rings. The number of hydrogen-bond acceptors (Lipinski definition) is 5. The van der Waals surface area contributed by atoms with Crippen molar-refractivity contribution in [3.05, 3.63) is 29.6 Å². The predicted molar refractivity (Wildman–Crippen MR) is 62.7 cm³/mol. The van der Waals surface area contributed by atoms with Gasteiger partial charge in [-0.05, 0) is 24.6 Å². The second kappa shape index (κ2) is 4.56. The molecule has 18 heavy (non-hydrogen) atoms. The summed E-state index contributed by atoms with van der Waals surface area (Å²) in [7, 11) is -4.14. The van der Waals surface area contributed by atoms with Gasteiger partial charge in [-0.3, -0.25) is 0 Å². The molecular weight excluding hydrogens is 258 g/mol. The summed E-state index contributed by atoms with van der Waals surface area (Å²) >= 11 is 0. The molecule has 0 spiro atoms. The van der Waals surface area contributed by atoms with E-state index in [1.54, 1.807) is 0 Å². The van der Waals surface area contributed by atoms with Crippen LogP contribution in [0.1, 0.15) is 22.5 Å². The zero-order chi connectivity index (χ0) is 13.3. The van der Waals surface area contributed by atoms with E-state index in [2.05, 4.69) is 5.32 Å². The van der Waals surface area contributed by atoms with Gasteiger partial charge in [-0.1, -0.05) is 6.08 Å². The SMILES string of the molecule is NS(=O)(=O)n1ccc(C2=CCNCC2)c1C(=O)[O-]. The second-order valence-corrected chi connectivity index (χ2v) is 5.31. The minimum absolute atomic E-state index is 0.338. The molecule has 0 atom stereocenters. The Kier molecular flexibility index (Phi) is 3.24. The molecule has 8 heteroatoms. The van der Waals surface area contributed by atoms with E-state index in [9.17, 15) is 18.3 Å². The molecule has 1 aromatic heterocycles. The first-order valence-electron chi connectivity index (χ1n) is 5.27. The average molecular weight is 270 g/mol. The first-order chi connectivity index (χ1) is 8.41. The molecule has 0 saturated carbocycles. The first-order valence-corrected chi connectivity index (χ1v) is 6.77. The van der Waals surface area contributed by atoms with Crippen molar-refractivity contribution in [1.82, 2.24) is 9.29 Å². The number of carbonyl (C=O) groups is 1. The fourth-order valence-electron chi connectivity index (χ4n) is 1.95. The molecule has 0 aliphatic carbocycles. The molecule has 0 amide bonds. The van der Waals surface area contributed by atoms with Gasteiger partial charge in [0.2, 0.25) is 0 Å². The van der Waals surface area contributed by atoms with Crippen LogP contribution in [0, 0.1) is 0 Å². The van der Waals surface area contributed by atoms with Crippen molar-refractivity contribution in [2.75, 3.05) is 13.1 Å². The lowest BCUT2D eigenvalue weighted by atomic mass is 10.0. The van der Waals surface area contributed by atoms with Crippen LogP contribution < -0.4 is 15.6 Å². The third-order valence-corrected chi connectivity index (χ3v) is 3.58. The quantitative estimate of drug-likeness (QED) is 0.677. The number of nitrogens with two attached hydrogens (primary N) is 1. The molecular formula is C10H12N3O4S-. The molecule has 2 heterocycles. The summed E-state index contributed by atoms with van der Waals surface area (Å²) in [6.07, 6.45) is 3.56. The minimum Gasteiger partial charge on any atom is -0.543 e. The Balaban J connectivity index is 2.59. The van der Waals surface area contributed by atoms with E-state index in [0.29, 0.717) is 29.0 Å². The van der Waals surface area contributed by atoms with Gasteiger partial charge < -0.3 is 15.2 Å². The number of aromatic nitrogens is 1. The third-order valence-electron chi connectivity index (χ3n) is 2.73. The summed E-state index contributed by atoms with van der Waals surface area (Å²) < 4.78 is 23.1. The van der Waals surface area contributed by atoms with Gasteiger partial charge in [0.1, 0.15) is 0 Å². The minimum atomic E-state index is -4.14. The molecule has 0 unspecified atom stereocenters. The fourth-order valence-corrected chi connectivity index (χ4v) is 2.61. The summed E-state index contributed by atoms with van der Waals surface area (Å²) in [5, 5.41) is 19.1. The van der Waals surface area contributed by atoms with E-state index < -0.39 is 21.9 Å². The zero-order valence-electron chi connectivity index (χ0n) is 9.42. The highest BCUT2D eigenvalue weighted by Gasteiger charge is 2.19. The van der Waals surface area contributed by atoms with Crippen molar-refractivity contribution in [2.45, 2.75) is 6.42 Å². The van der Waals surface area contributed by atoms with E-state index in [1.807, 2.05) is 6.08 Å². The molecule has 1 aliphatic heterocycles. The van der Waals surface area contributed by atoms with Crippen molar-refractivity contribution >= 4 is 21.8 Å². The van der Waals surface area contributed by atoms with Crippen molar-refractivity contribution in [2.24, 2.45) is 5.14 Å². The Bertz CT molecular complexity index is 615. The number of carboxylic acid groups (broad SMARTS) is 1. The van der Waals surface area contributed by atoms with Crippen LogP contribution in [0.4, 0.5) is 0 Å². The van der Waals surface area contributed by atoms with Crippen LogP contribution in [0.3, 0.4) is 0 Å². The number of nitrogens with zero attached hydrogens (tertiary/aromatic N) is 1. The lowest BCUT2D eigenvalue weighted by molar-refractivity contribution is -0.255. The number of carbonyl (C=O) groups excluding carboxylic acids is 1. The molecule has 3 N–H and O–H groups in total. The first kappa shape index (κ1) is 12.8. The molecule has 0 saturated heterocycles. The standard InChI is InChI=1S/C10H13N3O4S/c11-18(16,17)13-6-3-8(9(13)10(14)15)7-1-4-12-5-2-7/h1,3,6,12H,2,4-5H2,(H,14,15)(H2,11,16,17)/p-1. The van der Waals surface area contributed by atoms with E-state index >= 15 is 0 Å². The van der Waals surface area contributed by atoms with Gasteiger partial charge >= 0.3 is 10.2 Å². The fraction of sp³-hybridized carbons (Fsp3) is 0.300. The molecule has 0 radical (unpaired) electrons. The third kappa shape index (κ3) is 2.30.